The standard InChI is InChI=1S/C11H6BrClFN3O2/c12-6-1-2-7(14)8(5-6)15-11-9(17(18)19)3-4-10(13)16-11/h1-5H,(H,15,16). The Morgan fingerprint density at radius 1 is 1.37 bits per heavy atom. The molecule has 0 radical (unpaired) electrons. The highest BCUT2D eigenvalue weighted by Gasteiger charge is 2.17. The Morgan fingerprint density at radius 2 is 2.11 bits per heavy atom. The van der Waals surface area contributed by atoms with Crippen molar-refractivity contribution in [2.45, 2.75) is 0 Å². The summed E-state index contributed by atoms with van der Waals surface area (Å²) in [5, 5.41) is 13.5. The van der Waals surface area contributed by atoms with Crippen molar-refractivity contribution in [1.82, 2.24) is 4.98 Å². The van der Waals surface area contributed by atoms with E-state index in [1.807, 2.05) is 0 Å². The van der Waals surface area contributed by atoms with Crippen LogP contribution in [0.15, 0.2) is 34.8 Å². The van der Waals surface area contributed by atoms with Crippen LogP contribution in [0.4, 0.5) is 21.6 Å². The molecule has 98 valence electrons. The molecule has 0 aliphatic rings. The molecule has 1 aromatic heterocycles. The highest BCUT2D eigenvalue weighted by Crippen LogP contribution is 2.29. The lowest BCUT2D eigenvalue weighted by Gasteiger charge is -2.08. The summed E-state index contributed by atoms with van der Waals surface area (Å²) in [6, 6.07) is 6.68. The normalized spacial score (nSPS) is 10.3. The van der Waals surface area contributed by atoms with Gasteiger partial charge in [0, 0.05) is 10.5 Å². The minimum Gasteiger partial charge on any atom is -0.332 e. The van der Waals surface area contributed by atoms with Crippen LogP contribution in [0.1, 0.15) is 0 Å². The molecule has 0 atom stereocenters. The second kappa shape index (κ2) is 5.50. The van der Waals surface area contributed by atoms with E-state index >= 15 is 0 Å². The second-order valence-electron chi connectivity index (χ2n) is 3.51. The maximum atomic E-state index is 13.6. The van der Waals surface area contributed by atoms with Gasteiger partial charge in [0.15, 0.2) is 0 Å². The molecule has 0 bridgehead atoms. The summed E-state index contributed by atoms with van der Waals surface area (Å²) in [6.45, 7) is 0. The fourth-order valence-electron chi connectivity index (χ4n) is 1.39. The van der Waals surface area contributed by atoms with Crippen molar-refractivity contribution in [2.24, 2.45) is 0 Å². The van der Waals surface area contributed by atoms with E-state index in [1.165, 1.54) is 30.3 Å². The van der Waals surface area contributed by atoms with Gasteiger partial charge in [0.1, 0.15) is 11.0 Å². The Kier molecular flexibility index (Phi) is 3.96. The van der Waals surface area contributed by atoms with Gasteiger partial charge in [0.05, 0.1) is 10.6 Å². The highest BCUT2D eigenvalue weighted by atomic mass is 79.9. The van der Waals surface area contributed by atoms with E-state index in [2.05, 4.69) is 26.2 Å². The van der Waals surface area contributed by atoms with Gasteiger partial charge in [-0.25, -0.2) is 9.37 Å². The topological polar surface area (TPSA) is 68.1 Å². The van der Waals surface area contributed by atoms with Crippen molar-refractivity contribution in [3.8, 4) is 0 Å². The first-order chi connectivity index (χ1) is 8.97. The summed E-state index contributed by atoms with van der Waals surface area (Å²) in [5.41, 5.74) is -0.226. The van der Waals surface area contributed by atoms with Gasteiger partial charge in [-0.05, 0) is 24.3 Å². The minimum absolute atomic E-state index is 0.0623. The van der Waals surface area contributed by atoms with Crippen LogP contribution in [-0.4, -0.2) is 9.91 Å². The molecular formula is C11H6BrClFN3O2. The van der Waals surface area contributed by atoms with Gasteiger partial charge >= 0.3 is 5.69 Å². The van der Waals surface area contributed by atoms with E-state index < -0.39 is 10.7 Å². The van der Waals surface area contributed by atoms with Crippen molar-refractivity contribution >= 4 is 44.7 Å². The Morgan fingerprint density at radius 3 is 2.79 bits per heavy atom. The summed E-state index contributed by atoms with van der Waals surface area (Å²) in [7, 11) is 0. The van der Waals surface area contributed by atoms with Crippen molar-refractivity contribution in [1.29, 1.82) is 0 Å². The molecule has 1 N–H and O–H groups in total. The van der Waals surface area contributed by atoms with Gasteiger partial charge in [0.25, 0.3) is 0 Å². The van der Waals surface area contributed by atoms with Crippen molar-refractivity contribution in [2.75, 3.05) is 5.32 Å². The van der Waals surface area contributed by atoms with Crippen LogP contribution in [0.2, 0.25) is 5.15 Å². The summed E-state index contributed by atoms with van der Waals surface area (Å²) < 4.78 is 14.2. The van der Waals surface area contributed by atoms with Crippen molar-refractivity contribution < 1.29 is 9.31 Å². The number of nitro groups is 1. The molecule has 0 fully saturated rings. The number of nitrogens with zero attached hydrogens (tertiary/aromatic N) is 2. The Bertz CT molecular complexity index is 654. The van der Waals surface area contributed by atoms with Crippen molar-refractivity contribution in [3.63, 3.8) is 0 Å². The molecule has 0 aliphatic heterocycles. The molecule has 19 heavy (non-hydrogen) atoms. The first-order valence-electron chi connectivity index (χ1n) is 5.00. The number of rotatable bonds is 3. The van der Waals surface area contributed by atoms with E-state index in [4.69, 9.17) is 11.6 Å². The molecule has 0 amide bonds. The quantitative estimate of drug-likeness (QED) is 0.511. The van der Waals surface area contributed by atoms with Gasteiger partial charge in [-0.15, -0.1) is 0 Å². The molecule has 0 saturated carbocycles. The van der Waals surface area contributed by atoms with Crippen molar-refractivity contribution in [3.05, 3.63) is 55.9 Å². The number of benzene rings is 1. The van der Waals surface area contributed by atoms with Crippen LogP contribution in [0, 0.1) is 15.9 Å². The number of hydrogen-bond donors (Lipinski definition) is 1. The smallest absolute Gasteiger partial charge is 0.311 e. The van der Waals surface area contributed by atoms with E-state index in [0.29, 0.717) is 4.47 Å². The summed E-state index contributed by atoms with van der Waals surface area (Å²) in [6.07, 6.45) is 0. The molecule has 8 heteroatoms. The Balaban J connectivity index is 2.45. The molecule has 0 aliphatic carbocycles. The Labute approximate surface area is 120 Å². The van der Waals surface area contributed by atoms with Crippen LogP contribution in [-0.2, 0) is 0 Å². The number of anilines is 2. The lowest BCUT2D eigenvalue weighted by atomic mass is 10.3. The van der Waals surface area contributed by atoms with E-state index in [1.54, 1.807) is 0 Å². The van der Waals surface area contributed by atoms with Gasteiger partial charge in [0.2, 0.25) is 5.82 Å². The average Bonchev–Trinajstić information content (AvgIpc) is 2.33. The Hall–Kier alpha value is -1.73. The predicted octanol–water partition coefficient (Wildman–Crippen LogP) is 4.29. The maximum absolute atomic E-state index is 13.6. The molecule has 2 aromatic rings. The first-order valence-corrected chi connectivity index (χ1v) is 6.17. The van der Waals surface area contributed by atoms with Gasteiger partial charge in [-0.2, -0.15) is 0 Å². The van der Waals surface area contributed by atoms with Crippen LogP contribution >= 0.6 is 27.5 Å². The number of halogens is 3. The summed E-state index contributed by atoms with van der Waals surface area (Å²) >= 11 is 8.87. The third-order valence-electron chi connectivity index (χ3n) is 2.22. The molecule has 1 aromatic carbocycles. The van der Waals surface area contributed by atoms with E-state index in [0.717, 1.165) is 0 Å². The van der Waals surface area contributed by atoms with Crippen LogP contribution in [0.25, 0.3) is 0 Å². The molecule has 0 spiro atoms. The zero-order valence-corrected chi connectivity index (χ0v) is 11.6. The maximum Gasteiger partial charge on any atom is 0.311 e. The lowest BCUT2D eigenvalue weighted by molar-refractivity contribution is -0.384. The molecule has 2 rings (SSSR count). The van der Waals surface area contributed by atoms with Crippen LogP contribution in [0.5, 0.6) is 0 Å². The third-order valence-corrected chi connectivity index (χ3v) is 2.92. The van der Waals surface area contributed by atoms with Crippen LogP contribution < -0.4 is 5.32 Å². The van der Waals surface area contributed by atoms with Gasteiger partial charge in [-0.1, -0.05) is 27.5 Å². The molecular weight excluding hydrogens is 340 g/mol. The van der Waals surface area contributed by atoms with Gasteiger partial charge < -0.3 is 5.32 Å². The fraction of sp³-hybridized carbons (Fsp3) is 0. The minimum atomic E-state index is -0.623. The molecule has 0 saturated heterocycles. The molecule has 5 nitrogen and oxygen atoms in total. The summed E-state index contributed by atoms with van der Waals surface area (Å²) in [5.74, 6) is -0.672. The molecule has 0 unspecified atom stereocenters. The van der Waals surface area contributed by atoms with E-state index in [-0.39, 0.29) is 22.3 Å². The zero-order valence-electron chi connectivity index (χ0n) is 9.23. The van der Waals surface area contributed by atoms with E-state index in [9.17, 15) is 14.5 Å². The second-order valence-corrected chi connectivity index (χ2v) is 4.81. The predicted molar refractivity (Wildman–Crippen MR) is 73.3 cm³/mol. The number of hydrogen-bond acceptors (Lipinski definition) is 4. The first kappa shape index (κ1) is 13.7. The fourth-order valence-corrected chi connectivity index (χ4v) is 1.90. The highest BCUT2D eigenvalue weighted by molar-refractivity contribution is 9.10. The largest absolute Gasteiger partial charge is 0.332 e. The lowest BCUT2D eigenvalue weighted by Crippen LogP contribution is -2.01. The zero-order chi connectivity index (χ0) is 14.0. The van der Waals surface area contributed by atoms with Crippen LogP contribution in [0.3, 0.4) is 0 Å². The van der Waals surface area contributed by atoms with Gasteiger partial charge in [-0.3, -0.25) is 10.1 Å². The SMILES string of the molecule is O=[N+]([O-])c1ccc(Cl)nc1Nc1cc(Br)ccc1F. The summed E-state index contributed by atoms with van der Waals surface area (Å²) in [4.78, 5) is 14.0. The molecule has 1 heterocycles. The number of nitrogens with one attached hydrogen (secondary N) is 1. The monoisotopic (exact) mass is 345 g/mol. The third kappa shape index (κ3) is 3.18. The average molecular weight is 347 g/mol. The number of pyridine rings is 1. The number of aromatic nitrogens is 1.